The van der Waals surface area contributed by atoms with Crippen LogP contribution in [0.1, 0.15) is 74.6 Å². The molecule has 0 heteroatoms. The van der Waals surface area contributed by atoms with Gasteiger partial charge in [-0.2, -0.15) is 0 Å². The smallest absolute Gasteiger partial charge is 0.0109 e. The lowest BCUT2D eigenvalue weighted by atomic mass is 10.1. The summed E-state index contributed by atoms with van der Waals surface area (Å²) in [4.78, 5) is 0. The fourth-order valence-electron chi connectivity index (χ4n) is 3.12. The fraction of sp³-hybridized carbons (Fsp3) is 0.357. The maximum absolute atomic E-state index is 3.09. The Morgan fingerprint density at radius 3 is 1.32 bits per heavy atom. The van der Waals surface area contributed by atoms with E-state index in [1.807, 2.05) is 12.2 Å². The lowest BCUT2D eigenvalue weighted by Crippen LogP contribution is -1.85. The average molecular weight is 371 g/mol. The Morgan fingerprint density at radius 1 is 0.571 bits per heavy atom. The number of benzene rings is 2. The van der Waals surface area contributed by atoms with Crippen LogP contribution in [0.3, 0.4) is 0 Å². The van der Waals surface area contributed by atoms with Crippen LogP contribution in [0.25, 0.3) is 12.2 Å². The van der Waals surface area contributed by atoms with E-state index in [1.54, 1.807) is 0 Å². The first-order valence-electron chi connectivity index (χ1n) is 10.8. The maximum atomic E-state index is 3.09. The van der Waals surface area contributed by atoms with Crippen molar-refractivity contribution in [1.82, 2.24) is 0 Å². The monoisotopic (exact) mass is 370 g/mol. The Kier molecular flexibility index (Phi) is 10.6. The summed E-state index contributed by atoms with van der Waals surface area (Å²) in [5.74, 6) is 6.18. The van der Waals surface area contributed by atoms with Crippen molar-refractivity contribution in [3.05, 3.63) is 82.9 Å². The molecule has 0 aliphatic rings. The van der Waals surface area contributed by atoms with Crippen molar-refractivity contribution >= 4 is 12.2 Å². The molecule has 0 unspecified atom stereocenters. The van der Waals surface area contributed by atoms with Crippen molar-refractivity contribution in [2.45, 2.75) is 65.2 Å². The minimum absolute atomic E-state index is 1.18. The summed E-state index contributed by atoms with van der Waals surface area (Å²) in [7, 11) is 0. The molecular weight excluding hydrogens is 336 g/mol. The molecule has 0 bridgehead atoms. The van der Waals surface area contributed by atoms with Crippen LogP contribution in [-0.2, 0) is 12.8 Å². The van der Waals surface area contributed by atoms with Crippen LogP contribution in [0, 0.1) is 11.8 Å². The molecule has 0 heterocycles. The quantitative estimate of drug-likeness (QED) is 0.295. The van der Waals surface area contributed by atoms with Crippen LogP contribution in [0.2, 0.25) is 0 Å². The summed E-state index contributed by atoms with van der Waals surface area (Å²) in [6.07, 6.45) is 18.1. The van der Waals surface area contributed by atoms with Crippen molar-refractivity contribution in [3.63, 3.8) is 0 Å². The molecule has 0 saturated heterocycles. The van der Waals surface area contributed by atoms with Crippen LogP contribution < -0.4 is 0 Å². The summed E-state index contributed by atoms with van der Waals surface area (Å²) < 4.78 is 0. The minimum Gasteiger partial charge on any atom is -0.0702 e. The first kappa shape index (κ1) is 21.8. The van der Waals surface area contributed by atoms with Crippen LogP contribution in [0.4, 0.5) is 0 Å². The second-order valence-electron chi connectivity index (χ2n) is 7.35. The third-order valence-electron chi connectivity index (χ3n) is 4.90. The van der Waals surface area contributed by atoms with Gasteiger partial charge >= 0.3 is 0 Å². The van der Waals surface area contributed by atoms with Crippen molar-refractivity contribution in [2.24, 2.45) is 0 Å². The molecule has 2 aromatic rings. The second kappa shape index (κ2) is 13.6. The SMILES string of the molecule is CCCCCc1ccc(C=CC#CC=Cc2ccc(CCCCC)cc2)cc1. The van der Waals surface area contributed by atoms with E-state index in [1.165, 1.54) is 73.6 Å². The molecule has 0 radical (unpaired) electrons. The van der Waals surface area contributed by atoms with E-state index in [0.29, 0.717) is 0 Å². The second-order valence-corrected chi connectivity index (χ2v) is 7.35. The van der Waals surface area contributed by atoms with Crippen LogP contribution in [-0.4, -0.2) is 0 Å². The van der Waals surface area contributed by atoms with Gasteiger partial charge in [0.2, 0.25) is 0 Å². The zero-order chi connectivity index (χ0) is 19.9. The van der Waals surface area contributed by atoms with Crippen molar-refractivity contribution in [1.29, 1.82) is 0 Å². The number of allylic oxidation sites excluding steroid dienone is 2. The number of aryl methyl sites for hydroxylation is 2. The molecule has 2 aromatic carbocycles. The molecule has 0 nitrogen and oxygen atoms in total. The summed E-state index contributed by atoms with van der Waals surface area (Å²) in [5, 5.41) is 0. The molecule has 0 spiro atoms. The number of hydrogen-bond acceptors (Lipinski definition) is 0. The topological polar surface area (TPSA) is 0 Å². The van der Waals surface area contributed by atoms with Crippen molar-refractivity contribution in [2.75, 3.05) is 0 Å². The first-order chi connectivity index (χ1) is 13.8. The normalized spacial score (nSPS) is 11.1. The molecule has 2 rings (SSSR count). The third kappa shape index (κ3) is 8.92. The average Bonchev–Trinajstić information content (AvgIpc) is 2.73. The molecule has 0 aromatic heterocycles. The molecular formula is C28H34. The van der Waals surface area contributed by atoms with E-state index >= 15 is 0 Å². The zero-order valence-electron chi connectivity index (χ0n) is 17.6. The number of hydrogen-bond donors (Lipinski definition) is 0. The highest BCUT2D eigenvalue weighted by atomic mass is 14.0. The maximum Gasteiger partial charge on any atom is -0.0109 e. The number of rotatable bonds is 10. The highest BCUT2D eigenvalue weighted by molar-refractivity contribution is 5.56. The summed E-state index contributed by atoms with van der Waals surface area (Å²) in [6.45, 7) is 4.49. The highest BCUT2D eigenvalue weighted by Crippen LogP contribution is 2.11. The summed E-state index contributed by atoms with van der Waals surface area (Å²) >= 11 is 0. The Balaban J connectivity index is 1.77. The number of unbranched alkanes of at least 4 members (excludes halogenated alkanes) is 4. The summed E-state index contributed by atoms with van der Waals surface area (Å²) in [6, 6.07) is 17.6. The van der Waals surface area contributed by atoms with E-state index in [9.17, 15) is 0 Å². The first-order valence-corrected chi connectivity index (χ1v) is 10.8. The molecule has 146 valence electrons. The Labute approximate surface area is 172 Å². The van der Waals surface area contributed by atoms with E-state index in [2.05, 4.69) is 86.4 Å². The van der Waals surface area contributed by atoms with E-state index in [-0.39, 0.29) is 0 Å². The third-order valence-corrected chi connectivity index (χ3v) is 4.90. The van der Waals surface area contributed by atoms with Crippen molar-refractivity contribution in [3.8, 4) is 11.8 Å². The Bertz CT molecular complexity index is 709. The van der Waals surface area contributed by atoms with Gasteiger partial charge in [-0.15, -0.1) is 0 Å². The van der Waals surface area contributed by atoms with Gasteiger partial charge < -0.3 is 0 Å². The van der Waals surface area contributed by atoms with Crippen LogP contribution in [0.5, 0.6) is 0 Å². The van der Waals surface area contributed by atoms with Crippen LogP contribution >= 0.6 is 0 Å². The van der Waals surface area contributed by atoms with Crippen LogP contribution in [0.15, 0.2) is 60.7 Å². The van der Waals surface area contributed by atoms with Gasteiger partial charge in [0.05, 0.1) is 0 Å². The Hall–Kier alpha value is -2.52. The van der Waals surface area contributed by atoms with Gasteiger partial charge in [0.1, 0.15) is 0 Å². The molecule has 0 aliphatic heterocycles. The molecule has 0 N–H and O–H groups in total. The van der Waals surface area contributed by atoms with Gasteiger partial charge in [-0.1, -0.05) is 99.9 Å². The molecule has 0 amide bonds. The lowest BCUT2D eigenvalue weighted by molar-refractivity contribution is 0.717. The van der Waals surface area contributed by atoms with Gasteiger partial charge in [-0.3, -0.25) is 0 Å². The summed E-state index contributed by atoms with van der Waals surface area (Å²) in [5.41, 5.74) is 5.26. The molecule has 0 fully saturated rings. The largest absolute Gasteiger partial charge is 0.0702 e. The van der Waals surface area contributed by atoms with Gasteiger partial charge in [0, 0.05) is 0 Å². The predicted molar refractivity (Wildman–Crippen MR) is 125 cm³/mol. The van der Waals surface area contributed by atoms with Gasteiger partial charge in [0.15, 0.2) is 0 Å². The van der Waals surface area contributed by atoms with E-state index in [4.69, 9.17) is 0 Å². The van der Waals surface area contributed by atoms with E-state index in [0.717, 1.165) is 0 Å². The van der Waals surface area contributed by atoms with Gasteiger partial charge in [0.25, 0.3) is 0 Å². The molecule has 28 heavy (non-hydrogen) atoms. The predicted octanol–water partition coefficient (Wildman–Crippen LogP) is 7.88. The van der Waals surface area contributed by atoms with E-state index < -0.39 is 0 Å². The molecule has 0 aliphatic carbocycles. The standard InChI is InChI=1S/C28H34/c1-3-5-9-13-25-17-21-27(22-18-25)15-11-7-8-12-16-28-23-19-26(20-24-28)14-10-6-4-2/h11-12,15-24H,3-6,9-10,13-14H2,1-2H3. The van der Waals surface area contributed by atoms with Gasteiger partial charge in [-0.25, -0.2) is 0 Å². The highest BCUT2D eigenvalue weighted by Gasteiger charge is 1.94. The fourth-order valence-corrected chi connectivity index (χ4v) is 3.12. The van der Waals surface area contributed by atoms with Crippen molar-refractivity contribution < 1.29 is 0 Å². The lowest BCUT2D eigenvalue weighted by Gasteiger charge is -2.01. The van der Waals surface area contributed by atoms with Gasteiger partial charge in [-0.05, 0) is 72.2 Å². The Morgan fingerprint density at radius 2 is 0.964 bits per heavy atom. The molecule has 0 saturated carbocycles. The molecule has 0 atom stereocenters. The zero-order valence-corrected chi connectivity index (χ0v) is 17.6. The minimum atomic E-state index is 1.18.